The Bertz CT molecular complexity index is 518. The molecule has 0 aliphatic carbocycles. The lowest BCUT2D eigenvalue weighted by Crippen LogP contribution is -2.29. The Labute approximate surface area is 112 Å². The van der Waals surface area contributed by atoms with Gasteiger partial charge in [-0.2, -0.15) is 5.26 Å². The highest BCUT2D eigenvalue weighted by molar-refractivity contribution is 5.94. The summed E-state index contributed by atoms with van der Waals surface area (Å²) in [5.74, 6) is 0.287. The van der Waals surface area contributed by atoms with Crippen LogP contribution in [-0.4, -0.2) is 24.8 Å². The zero-order chi connectivity index (χ0) is 14.3. The van der Waals surface area contributed by atoms with Crippen LogP contribution < -0.4 is 10.1 Å². The monoisotopic (exact) mass is 260 g/mol. The number of benzene rings is 1. The maximum atomic E-state index is 11.4. The summed E-state index contributed by atoms with van der Waals surface area (Å²) in [6.07, 6.45) is 0.276. The molecule has 1 aromatic carbocycles. The fraction of sp³-hybridized carbons (Fsp3) is 0.357. The van der Waals surface area contributed by atoms with Gasteiger partial charge in [0.15, 0.2) is 12.4 Å². The molecule has 0 atom stereocenters. The molecular weight excluding hydrogens is 244 g/mol. The van der Waals surface area contributed by atoms with Crippen LogP contribution in [0.15, 0.2) is 18.2 Å². The smallest absolute Gasteiger partial charge is 0.257 e. The Hall–Kier alpha value is -2.35. The maximum Gasteiger partial charge on any atom is 0.257 e. The van der Waals surface area contributed by atoms with E-state index in [1.807, 2.05) is 13.0 Å². The zero-order valence-corrected chi connectivity index (χ0v) is 11.0. The Kier molecular flexibility index (Phi) is 5.55. The summed E-state index contributed by atoms with van der Waals surface area (Å²) in [7, 11) is 0. The quantitative estimate of drug-likeness (QED) is 0.622. The number of carbonyl (C=O) groups is 2. The fourth-order valence-electron chi connectivity index (χ4n) is 1.48. The van der Waals surface area contributed by atoms with Crippen LogP contribution in [0.3, 0.4) is 0 Å². The van der Waals surface area contributed by atoms with E-state index in [0.717, 1.165) is 5.56 Å². The fourth-order valence-corrected chi connectivity index (χ4v) is 1.48. The summed E-state index contributed by atoms with van der Waals surface area (Å²) in [6.45, 7) is 3.53. The Morgan fingerprint density at radius 3 is 2.74 bits per heavy atom. The molecule has 1 rings (SSSR count). The van der Waals surface area contributed by atoms with E-state index in [1.54, 1.807) is 18.2 Å². The van der Waals surface area contributed by atoms with E-state index in [2.05, 4.69) is 5.32 Å². The van der Waals surface area contributed by atoms with E-state index in [0.29, 0.717) is 17.9 Å². The molecule has 0 saturated heterocycles. The summed E-state index contributed by atoms with van der Waals surface area (Å²) in [5.41, 5.74) is 1.42. The number of amides is 1. The first-order chi connectivity index (χ1) is 9.04. The average molecular weight is 260 g/mol. The van der Waals surface area contributed by atoms with Crippen molar-refractivity contribution in [3.05, 3.63) is 29.3 Å². The normalized spacial score (nSPS) is 9.53. The molecule has 5 nitrogen and oxygen atoms in total. The van der Waals surface area contributed by atoms with Crippen molar-refractivity contribution in [1.29, 1.82) is 5.26 Å². The van der Waals surface area contributed by atoms with Crippen LogP contribution in [0, 0.1) is 18.3 Å². The third-order valence-electron chi connectivity index (χ3n) is 2.50. The second-order valence-electron chi connectivity index (χ2n) is 4.08. The Morgan fingerprint density at radius 1 is 1.42 bits per heavy atom. The largest absolute Gasteiger partial charge is 0.484 e. The number of carbonyl (C=O) groups excluding carboxylic acids is 2. The minimum absolute atomic E-state index is 0.0103. The Balaban J connectivity index is 2.52. The van der Waals surface area contributed by atoms with Crippen molar-refractivity contribution in [2.75, 3.05) is 13.2 Å². The summed E-state index contributed by atoms with van der Waals surface area (Å²) in [5, 5.41) is 10.9. The molecule has 0 bridgehead atoms. The van der Waals surface area contributed by atoms with Crippen molar-refractivity contribution in [1.82, 2.24) is 5.32 Å². The standard InChI is InChI=1S/C14H16N2O3/c1-10-8-12(11(2)17)4-5-13(10)19-9-14(18)16-7-3-6-15/h4-5,8H,3,7,9H2,1-2H3,(H,16,18). The van der Waals surface area contributed by atoms with Crippen LogP contribution in [0.25, 0.3) is 0 Å². The SMILES string of the molecule is CC(=O)c1ccc(OCC(=O)NCCC#N)c(C)c1. The van der Waals surface area contributed by atoms with Gasteiger partial charge in [0.2, 0.25) is 0 Å². The van der Waals surface area contributed by atoms with Crippen LogP contribution >= 0.6 is 0 Å². The zero-order valence-electron chi connectivity index (χ0n) is 11.0. The molecule has 5 heteroatoms. The summed E-state index contributed by atoms with van der Waals surface area (Å²) >= 11 is 0. The van der Waals surface area contributed by atoms with E-state index in [9.17, 15) is 9.59 Å². The predicted molar refractivity (Wildman–Crippen MR) is 69.9 cm³/mol. The first kappa shape index (κ1) is 14.7. The summed E-state index contributed by atoms with van der Waals surface area (Å²) < 4.78 is 5.36. The van der Waals surface area contributed by atoms with Gasteiger partial charge in [0.25, 0.3) is 5.91 Å². The highest BCUT2D eigenvalue weighted by atomic mass is 16.5. The van der Waals surface area contributed by atoms with Crippen molar-refractivity contribution in [3.8, 4) is 11.8 Å². The number of ketones is 1. The minimum atomic E-state index is -0.273. The van der Waals surface area contributed by atoms with E-state index < -0.39 is 0 Å². The summed E-state index contributed by atoms with van der Waals surface area (Å²) in [4.78, 5) is 22.6. The molecule has 0 saturated carbocycles. The van der Waals surface area contributed by atoms with Gasteiger partial charge in [-0.15, -0.1) is 0 Å². The van der Waals surface area contributed by atoms with E-state index in [4.69, 9.17) is 10.00 Å². The molecule has 0 aliphatic heterocycles. The average Bonchev–Trinajstić information content (AvgIpc) is 2.37. The van der Waals surface area contributed by atoms with Crippen LogP contribution in [-0.2, 0) is 4.79 Å². The number of hydrogen-bond donors (Lipinski definition) is 1. The highest BCUT2D eigenvalue weighted by Crippen LogP contribution is 2.19. The third-order valence-corrected chi connectivity index (χ3v) is 2.50. The topological polar surface area (TPSA) is 79.2 Å². The van der Waals surface area contributed by atoms with Crippen molar-refractivity contribution in [3.63, 3.8) is 0 Å². The lowest BCUT2D eigenvalue weighted by atomic mass is 10.1. The first-order valence-electron chi connectivity index (χ1n) is 5.92. The molecule has 0 heterocycles. The molecule has 0 spiro atoms. The summed E-state index contributed by atoms with van der Waals surface area (Å²) in [6, 6.07) is 7.00. The van der Waals surface area contributed by atoms with Gasteiger partial charge >= 0.3 is 0 Å². The molecule has 0 aliphatic rings. The highest BCUT2D eigenvalue weighted by Gasteiger charge is 2.06. The molecule has 100 valence electrons. The molecule has 0 fully saturated rings. The van der Waals surface area contributed by atoms with Gasteiger partial charge in [-0.3, -0.25) is 9.59 Å². The van der Waals surface area contributed by atoms with Gasteiger partial charge in [-0.05, 0) is 37.6 Å². The Morgan fingerprint density at radius 2 is 2.16 bits per heavy atom. The molecule has 0 radical (unpaired) electrons. The molecule has 1 N–H and O–H groups in total. The van der Waals surface area contributed by atoms with Crippen molar-refractivity contribution >= 4 is 11.7 Å². The van der Waals surface area contributed by atoms with Gasteiger partial charge in [0, 0.05) is 12.1 Å². The lowest BCUT2D eigenvalue weighted by Gasteiger charge is -2.09. The predicted octanol–water partition coefficient (Wildman–Crippen LogP) is 1.61. The number of rotatable bonds is 6. The molecule has 19 heavy (non-hydrogen) atoms. The molecular formula is C14H16N2O3. The number of Topliss-reactive ketones (excluding diaryl/α,β-unsaturated/α-hetero) is 1. The number of hydrogen-bond acceptors (Lipinski definition) is 4. The molecule has 1 amide bonds. The van der Waals surface area contributed by atoms with Gasteiger partial charge in [0.05, 0.1) is 12.5 Å². The second-order valence-corrected chi connectivity index (χ2v) is 4.08. The van der Waals surface area contributed by atoms with Crippen LogP contribution in [0.1, 0.15) is 29.3 Å². The maximum absolute atomic E-state index is 11.4. The number of nitrogens with one attached hydrogen (secondary N) is 1. The molecule has 0 aromatic heterocycles. The van der Waals surface area contributed by atoms with E-state index in [-0.39, 0.29) is 24.7 Å². The lowest BCUT2D eigenvalue weighted by molar-refractivity contribution is -0.123. The van der Waals surface area contributed by atoms with Crippen LogP contribution in [0.5, 0.6) is 5.75 Å². The van der Waals surface area contributed by atoms with E-state index >= 15 is 0 Å². The van der Waals surface area contributed by atoms with Crippen molar-refractivity contribution in [2.45, 2.75) is 20.3 Å². The first-order valence-corrected chi connectivity index (χ1v) is 5.92. The van der Waals surface area contributed by atoms with Gasteiger partial charge < -0.3 is 10.1 Å². The van der Waals surface area contributed by atoms with Crippen molar-refractivity contribution in [2.24, 2.45) is 0 Å². The number of ether oxygens (including phenoxy) is 1. The van der Waals surface area contributed by atoms with Crippen molar-refractivity contribution < 1.29 is 14.3 Å². The minimum Gasteiger partial charge on any atom is -0.484 e. The second kappa shape index (κ2) is 7.17. The number of aryl methyl sites for hydroxylation is 1. The third kappa shape index (κ3) is 4.80. The molecule has 0 unspecified atom stereocenters. The van der Waals surface area contributed by atoms with Gasteiger partial charge in [0.1, 0.15) is 5.75 Å². The van der Waals surface area contributed by atoms with Crippen LogP contribution in [0.4, 0.5) is 0 Å². The number of nitriles is 1. The number of nitrogens with zero attached hydrogens (tertiary/aromatic N) is 1. The van der Waals surface area contributed by atoms with E-state index in [1.165, 1.54) is 6.92 Å². The van der Waals surface area contributed by atoms with Gasteiger partial charge in [-0.1, -0.05) is 0 Å². The van der Waals surface area contributed by atoms with Gasteiger partial charge in [-0.25, -0.2) is 0 Å². The van der Waals surface area contributed by atoms with Crippen LogP contribution in [0.2, 0.25) is 0 Å². The molecule has 1 aromatic rings.